The highest BCUT2D eigenvalue weighted by molar-refractivity contribution is 7.99. The lowest BCUT2D eigenvalue weighted by Crippen LogP contribution is -2.07. The van der Waals surface area contributed by atoms with Crippen molar-refractivity contribution in [2.45, 2.75) is 26.2 Å². The minimum absolute atomic E-state index is 0.117. The second kappa shape index (κ2) is 8.86. The van der Waals surface area contributed by atoms with Gasteiger partial charge in [-0.05, 0) is 42.0 Å². The molecule has 0 aliphatic carbocycles. The van der Waals surface area contributed by atoms with E-state index in [1.165, 1.54) is 0 Å². The molecule has 0 unspecified atom stereocenters. The van der Waals surface area contributed by atoms with Crippen LogP contribution in [0.5, 0.6) is 0 Å². The minimum atomic E-state index is -0.117. The van der Waals surface area contributed by atoms with Gasteiger partial charge in [0.2, 0.25) is 0 Å². The van der Waals surface area contributed by atoms with Crippen LogP contribution in [0.25, 0.3) is 0 Å². The molecule has 0 saturated carbocycles. The van der Waals surface area contributed by atoms with Crippen LogP contribution < -0.4 is 5.73 Å². The van der Waals surface area contributed by atoms with Gasteiger partial charge in [0.05, 0.1) is 6.61 Å². The summed E-state index contributed by atoms with van der Waals surface area (Å²) in [7, 11) is 0. The van der Waals surface area contributed by atoms with Gasteiger partial charge < -0.3 is 10.5 Å². The third kappa shape index (κ3) is 6.55. The molecular formula is C14H21NO2S. The fourth-order valence-electron chi connectivity index (χ4n) is 1.49. The van der Waals surface area contributed by atoms with E-state index in [9.17, 15) is 4.79 Å². The van der Waals surface area contributed by atoms with Crippen LogP contribution in [0, 0.1) is 0 Å². The summed E-state index contributed by atoms with van der Waals surface area (Å²) in [4.78, 5) is 11.5. The molecule has 0 aliphatic rings. The zero-order chi connectivity index (χ0) is 13.2. The maximum absolute atomic E-state index is 11.5. The van der Waals surface area contributed by atoms with Gasteiger partial charge in [-0.3, -0.25) is 4.79 Å². The highest BCUT2D eigenvalue weighted by atomic mass is 32.2. The van der Waals surface area contributed by atoms with Crippen molar-refractivity contribution in [2.75, 3.05) is 23.8 Å². The molecule has 0 aliphatic heterocycles. The van der Waals surface area contributed by atoms with Gasteiger partial charge in [-0.15, -0.1) is 0 Å². The van der Waals surface area contributed by atoms with Crippen LogP contribution in [0.15, 0.2) is 24.3 Å². The molecule has 4 heteroatoms. The van der Waals surface area contributed by atoms with E-state index in [1.807, 2.05) is 36.0 Å². The van der Waals surface area contributed by atoms with E-state index in [4.69, 9.17) is 10.5 Å². The summed E-state index contributed by atoms with van der Waals surface area (Å²) in [5, 5.41) is 0. The molecule has 1 rings (SSSR count). The fourth-order valence-corrected chi connectivity index (χ4v) is 2.10. The average Bonchev–Trinajstić information content (AvgIpc) is 2.38. The third-order valence-corrected chi connectivity index (χ3v) is 3.48. The smallest absolute Gasteiger partial charge is 0.306 e. The average molecular weight is 267 g/mol. The zero-order valence-electron chi connectivity index (χ0n) is 10.9. The quantitative estimate of drug-likeness (QED) is 0.447. The highest BCUT2D eigenvalue weighted by Gasteiger charge is 2.03. The number of hydrogen-bond donors (Lipinski definition) is 1. The van der Waals surface area contributed by atoms with E-state index in [0.29, 0.717) is 19.4 Å². The second-order valence-corrected chi connectivity index (χ2v) is 5.41. The van der Waals surface area contributed by atoms with E-state index in [1.54, 1.807) is 0 Å². The Balaban J connectivity index is 2.11. The van der Waals surface area contributed by atoms with Crippen LogP contribution in [0.4, 0.5) is 5.69 Å². The summed E-state index contributed by atoms with van der Waals surface area (Å²) in [5.41, 5.74) is 7.45. The van der Waals surface area contributed by atoms with E-state index in [2.05, 4.69) is 6.92 Å². The van der Waals surface area contributed by atoms with Crippen molar-refractivity contribution in [3.05, 3.63) is 29.8 Å². The first kappa shape index (κ1) is 14.9. The Labute approximate surface area is 113 Å². The van der Waals surface area contributed by atoms with Crippen molar-refractivity contribution in [3.63, 3.8) is 0 Å². The Bertz CT molecular complexity index is 351. The molecule has 100 valence electrons. The van der Waals surface area contributed by atoms with E-state index in [0.717, 1.165) is 29.2 Å². The Morgan fingerprint density at radius 1 is 1.33 bits per heavy atom. The summed E-state index contributed by atoms with van der Waals surface area (Å²) in [5.74, 6) is 2.06. The van der Waals surface area contributed by atoms with E-state index in [-0.39, 0.29) is 5.97 Å². The number of esters is 1. The molecule has 0 amide bonds. The maximum Gasteiger partial charge on any atom is 0.306 e. The highest BCUT2D eigenvalue weighted by Crippen LogP contribution is 2.08. The van der Waals surface area contributed by atoms with Crippen molar-refractivity contribution in [1.82, 2.24) is 0 Å². The van der Waals surface area contributed by atoms with Gasteiger partial charge >= 0.3 is 5.97 Å². The molecule has 2 N–H and O–H groups in total. The molecule has 0 heterocycles. The summed E-state index contributed by atoms with van der Waals surface area (Å²) in [6.45, 7) is 2.66. The first-order chi connectivity index (χ1) is 8.72. The standard InChI is InChI=1S/C14H21NO2S/c1-2-18-11-3-10-17-14(16)9-6-12-4-7-13(15)8-5-12/h4-5,7-8H,2-3,6,9-11,15H2,1H3. The molecule has 0 saturated heterocycles. The molecule has 0 fully saturated rings. The molecule has 0 atom stereocenters. The first-order valence-electron chi connectivity index (χ1n) is 6.30. The number of thioether (sulfide) groups is 1. The van der Waals surface area contributed by atoms with E-state index >= 15 is 0 Å². The molecule has 1 aromatic carbocycles. The number of ether oxygens (including phenoxy) is 1. The number of rotatable bonds is 8. The molecule has 18 heavy (non-hydrogen) atoms. The van der Waals surface area contributed by atoms with Crippen LogP contribution in [0.3, 0.4) is 0 Å². The Morgan fingerprint density at radius 2 is 2.06 bits per heavy atom. The molecule has 0 bridgehead atoms. The third-order valence-electron chi connectivity index (χ3n) is 2.50. The number of aryl methyl sites for hydroxylation is 1. The monoisotopic (exact) mass is 267 g/mol. The molecular weight excluding hydrogens is 246 g/mol. The predicted molar refractivity (Wildman–Crippen MR) is 77.8 cm³/mol. The molecule has 0 spiro atoms. The number of carbonyl (C=O) groups is 1. The van der Waals surface area contributed by atoms with Gasteiger partial charge in [0.15, 0.2) is 0 Å². The van der Waals surface area contributed by atoms with Crippen molar-refractivity contribution in [2.24, 2.45) is 0 Å². The number of anilines is 1. The Morgan fingerprint density at radius 3 is 2.72 bits per heavy atom. The van der Waals surface area contributed by atoms with Crippen molar-refractivity contribution in [1.29, 1.82) is 0 Å². The Kier molecular flexibility index (Phi) is 7.34. The lowest BCUT2D eigenvalue weighted by Gasteiger charge is -2.05. The summed E-state index contributed by atoms with van der Waals surface area (Å²) in [6.07, 6.45) is 2.08. The van der Waals surface area contributed by atoms with E-state index < -0.39 is 0 Å². The van der Waals surface area contributed by atoms with Gasteiger partial charge in [-0.25, -0.2) is 0 Å². The normalized spacial score (nSPS) is 10.3. The minimum Gasteiger partial charge on any atom is -0.466 e. The zero-order valence-corrected chi connectivity index (χ0v) is 11.7. The number of hydrogen-bond acceptors (Lipinski definition) is 4. The Hall–Kier alpha value is -1.16. The van der Waals surface area contributed by atoms with Gasteiger partial charge in [-0.1, -0.05) is 19.1 Å². The van der Waals surface area contributed by atoms with Gasteiger partial charge in [0, 0.05) is 12.1 Å². The fraction of sp³-hybridized carbons (Fsp3) is 0.500. The van der Waals surface area contributed by atoms with Crippen LogP contribution in [-0.2, 0) is 16.0 Å². The molecule has 0 radical (unpaired) electrons. The molecule has 3 nitrogen and oxygen atoms in total. The summed E-state index contributed by atoms with van der Waals surface area (Å²) >= 11 is 1.87. The topological polar surface area (TPSA) is 52.3 Å². The van der Waals surface area contributed by atoms with Crippen LogP contribution >= 0.6 is 11.8 Å². The van der Waals surface area contributed by atoms with Gasteiger partial charge in [0.1, 0.15) is 0 Å². The van der Waals surface area contributed by atoms with Crippen molar-refractivity contribution in [3.8, 4) is 0 Å². The first-order valence-corrected chi connectivity index (χ1v) is 7.45. The second-order valence-electron chi connectivity index (χ2n) is 4.01. The largest absolute Gasteiger partial charge is 0.466 e. The van der Waals surface area contributed by atoms with Crippen LogP contribution in [0.1, 0.15) is 25.3 Å². The van der Waals surface area contributed by atoms with Crippen molar-refractivity contribution < 1.29 is 9.53 Å². The number of benzene rings is 1. The van der Waals surface area contributed by atoms with Crippen LogP contribution in [-0.4, -0.2) is 24.1 Å². The molecule has 1 aromatic rings. The lowest BCUT2D eigenvalue weighted by atomic mass is 10.1. The van der Waals surface area contributed by atoms with Gasteiger partial charge in [0.25, 0.3) is 0 Å². The maximum atomic E-state index is 11.5. The lowest BCUT2D eigenvalue weighted by molar-refractivity contribution is -0.143. The number of nitrogen functional groups attached to an aromatic ring is 1. The summed E-state index contributed by atoms with van der Waals surface area (Å²) in [6, 6.07) is 7.59. The summed E-state index contributed by atoms with van der Waals surface area (Å²) < 4.78 is 5.16. The van der Waals surface area contributed by atoms with Crippen molar-refractivity contribution >= 4 is 23.4 Å². The molecule has 0 aromatic heterocycles. The van der Waals surface area contributed by atoms with Gasteiger partial charge in [-0.2, -0.15) is 11.8 Å². The number of carbonyl (C=O) groups excluding carboxylic acids is 1. The van der Waals surface area contributed by atoms with Crippen LogP contribution in [0.2, 0.25) is 0 Å². The number of nitrogens with two attached hydrogens (primary N) is 1. The predicted octanol–water partition coefficient (Wildman–Crippen LogP) is 2.89. The SMILES string of the molecule is CCSCCCOC(=O)CCc1ccc(N)cc1.